The van der Waals surface area contributed by atoms with Crippen LogP contribution < -0.4 is 10.3 Å². The van der Waals surface area contributed by atoms with Gasteiger partial charge < -0.3 is 14.2 Å². The second-order valence-electron chi connectivity index (χ2n) is 9.46. The lowest BCUT2D eigenvalue weighted by Crippen LogP contribution is -2.40. The minimum atomic E-state index is -3.66. The van der Waals surface area contributed by atoms with E-state index in [2.05, 4.69) is 25.0 Å². The highest BCUT2D eigenvalue weighted by molar-refractivity contribution is 7.89. The molecule has 2 aliphatic heterocycles. The van der Waals surface area contributed by atoms with E-state index in [1.165, 1.54) is 10.5 Å². The number of nitrogens with one attached hydrogen (secondary N) is 1. The molecule has 10 nitrogen and oxygen atoms in total. The smallest absolute Gasteiger partial charge is 0.272 e. The summed E-state index contributed by atoms with van der Waals surface area (Å²) in [6.07, 6.45) is 6.90. The van der Waals surface area contributed by atoms with Crippen molar-refractivity contribution in [3.05, 3.63) is 71.3 Å². The number of hydrogen-bond acceptors (Lipinski definition) is 7. The van der Waals surface area contributed by atoms with Gasteiger partial charge in [-0.15, -0.1) is 0 Å². The third kappa shape index (κ3) is 5.22. The first-order valence-corrected chi connectivity index (χ1v) is 14.2. The Labute approximate surface area is 223 Å². The minimum Gasteiger partial charge on any atom is -0.379 e. The van der Waals surface area contributed by atoms with Crippen LogP contribution in [0.4, 0.5) is 5.69 Å². The summed E-state index contributed by atoms with van der Waals surface area (Å²) in [5.41, 5.74) is 7.42. The van der Waals surface area contributed by atoms with Gasteiger partial charge in [-0.1, -0.05) is 0 Å². The van der Waals surface area contributed by atoms with Crippen molar-refractivity contribution in [1.29, 1.82) is 0 Å². The van der Waals surface area contributed by atoms with E-state index in [1.807, 2.05) is 26.0 Å². The van der Waals surface area contributed by atoms with E-state index in [4.69, 9.17) is 4.74 Å². The Morgan fingerprint density at radius 3 is 2.53 bits per heavy atom. The molecule has 2 aliphatic rings. The molecule has 2 aromatic heterocycles. The van der Waals surface area contributed by atoms with Crippen LogP contribution >= 0.6 is 0 Å². The Bertz CT molecular complexity index is 1440. The predicted molar refractivity (Wildman–Crippen MR) is 146 cm³/mol. The number of hydrazone groups is 1. The Morgan fingerprint density at radius 1 is 1.05 bits per heavy atom. The van der Waals surface area contributed by atoms with Crippen molar-refractivity contribution in [2.24, 2.45) is 5.10 Å². The van der Waals surface area contributed by atoms with E-state index in [0.717, 1.165) is 54.3 Å². The Hall–Kier alpha value is -3.54. The molecule has 0 spiro atoms. The molecule has 1 amide bonds. The molecule has 0 atom stereocenters. The van der Waals surface area contributed by atoms with Gasteiger partial charge in [0.15, 0.2) is 0 Å². The molecule has 0 saturated carbocycles. The Kier molecular flexibility index (Phi) is 7.59. The lowest BCUT2D eigenvalue weighted by molar-refractivity contribution is 0.0730. The number of pyridine rings is 1. The first kappa shape index (κ1) is 26.1. The summed E-state index contributed by atoms with van der Waals surface area (Å²) in [5, 5.41) is 4.15. The van der Waals surface area contributed by atoms with E-state index in [9.17, 15) is 13.2 Å². The second-order valence-corrected chi connectivity index (χ2v) is 11.4. The quantitative estimate of drug-likeness (QED) is 0.367. The molecule has 200 valence electrons. The van der Waals surface area contributed by atoms with Crippen LogP contribution in [-0.4, -0.2) is 73.8 Å². The first-order valence-electron chi connectivity index (χ1n) is 12.8. The van der Waals surface area contributed by atoms with Gasteiger partial charge in [0.2, 0.25) is 10.0 Å². The van der Waals surface area contributed by atoms with Gasteiger partial charge >= 0.3 is 0 Å². The number of hydrogen-bond donors (Lipinski definition) is 1. The number of carbonyl (C=O) groups is 1. The van der Waals surface area contributed by atoms with Crippen LogP contribution in [0.15, 0.2) is 58.8 Å². The zero-order valence-corrected chi connectivity index (χ0v) is 22.4. The standard InChI is InChI=1S/C27H32N6O4S/c1-20-16-23(19-29-30-27(34)22-6-5-9-28-18-22)21(2)33(20)26-17-24(7-8-25(26)31-10-3-4-11-31)38(35,36)32-12-14-37-15-13-32/h5-9,16-19H,3-4,10-15H2,1-2H3,(H,30,34)/b29-19+. The highest BCUT2D eigenvalue weighted by Gasteiger charge is 2.28. The molecule has 0 bridgehead atoms. The summed E-state index contributed by atoms with van der Waals surface area (Å²) in [4.78, 5) is 18.9. The van der Waals surface area contributed by atoms with E-state index >= 15 is 0 Å². The average Bonchev–Trinajstić information content (AvgIpc) is 3.57. The van der Waals surface area contributed by atoms with E-state index < -0.39 is 10.0 Å². The van der Waals surface area contributed by atoms with Crippen molar-refractivity contribution in [2.45, 2.75) is 31.6 Å². The van der Waals surface area contributed by atoms with Crippen LogP contribution in [0.1, 0.15) is 40.2 Å². The number of morpholine rings is 1. The van der Waals surface area contributed by atoms with Crippen molar-refractivity contribution < 1.29 is 17.9 Å². The molecule has 38 heavy (non-hydrogen) atoms. The molecular weight excluding hydrogens is 504 g/mol. The largest absolute Gasteiger partial charge is 0.379 e. The van der Waals surface area contributed by atoms with E-state index in [-0.39, 0.29) is 10.8 Å². The van der Waals surface area contributed by atoms with Crippen molar-refractivity contribution in [3.63, 3.8) is 0 Å². The van der Waals surface area contributed by atoms with E-state index in [1.54, 1.807) is 36.7 Å². The first-order chi connectivity index (χ1) is 18.4. The highest BCUT2D eigenvalue weighted by atomic mass is 32.2. The summed E-state index contributed by atoms with van der Waals surface area (Å²) < 4.78 is 35.9. The van der Waals surface area contributed by atoms with E-state index in [0.29, 0.717) is 31.9 Å². The normalized spacial score (nSPS) is 16.8. The monoisotopic (exact) mass is 536 g/mol. The molecule has 1 N–H and O–H groups in total. The van der Waals surface area contributed by atoms with Crippen LogP contribution in [0.5, 0.6) is 0 Å². The summed E-state index contributed by atoms with van der Waals surface area (Å²) in [5.74, 6) is -0.347. The van der Waals surface area contributed by atoms with Crippen molar-refractivity contribution >= 4 is 27.8 Å². The molecular formula is C27H32N6O4S. The van der Waals surface area contributed by atoms with Gasteiger partial charge in [0, 0.05) is 55.5 Å². The fraction of sp³-hybridized carbons (Fsp3) is 0.370. The van der Waals surface area contributed by atoms with Gasteiger partial charge in [-0.05, 0) is 63.1 Å². The van der Waals surface area contributed by atoms with Crippen LogP contribution in [0, 0.1) is 13.8 Å². The minimum absolute atomic E-state index is 0.267. The molecule has 5 rings (SSSR count). The fourth-order valence-corrected chi connectivity index (χ4v) is 6.44. The van der Waals surface area contributed by atoms with Crippen LogP contribution in [0.25, 0.3) is 5.69 Å². The number of aromatic nitrogens is 2. The van der Waals surface area contributed by atoms with Gasteiger partial charge in [0.1, 0.15) is 0 Å². The average molecular weight is 537 g/mol. The summed E-state index contributed by atoms with van der Waals surface area (Å²) >= 11 is 0. The number of benzene rings is 1. The number of aryl methyl sites for hydroxylation is 1. The number of carbonyl (C=O) groups excluding carboxylic acids is 1. The SMILES string of the molecule is Cc1cc(/C=N/NC(=O)c2cccnc2)c(C)n1-c1cc(S(=O)(=O)N2CCOCC2)ccc1N1CCCC1. The van der Waals surface area contributed by atoms with Gasteiger partial charge in [-0.2, -0.15) is 9.41 Å². The van der Waals surface area contributed by atoms with Gasteiger partial charge in [0.25, 0.3) is 5.91 Å². The number of anilines is 1. The predicted octanol–water partition coefficient (Wildman–Crippen LogP) is 2.87. The molecule has 0 aliphatic carbocycles. The number of amides is 1. The number of sulfonamides is 1. The zero-order chi connectivity index (χ0) is 26.7. The van der Waals surface area contributed by atoms with Crippen LogP contribution in [0.3, 0.4) is 0 Å². The maximum atomic E-state index is 13.5. The maximum absolute atomic E-state index is 13.5. The lowest BCUT2D eigenvalue weighted by atomic mass is 10.2. The topological polar surface area (TPSA) is 109 Å². The zero-order valence-electron chi connectivity index (χ0n) is 21.6. The molecule has 1 aromatic carbocycles. The van der Waals surface area contributed by atoms with Gasteiger partial charge in [-0.25, -0.2) is 13.8 Å². The van der Waals surface area contributed by atoms with Crippen LogP contribution in [-0.2, 0) is 14.8 Å². The van der Waals surface area contributed by atoms with Crippen molar-refractivity contribution in [2.75, 3.05) is 44.3 Å². The number of nitrogens with zero attached hydrogens (tertiary/aromatic N) is 5. The van der Waals surface area contributed by atoms with Crippen molar-refractivity contribution in [3.8, 4) is 5.69 Å². The molecule has 2 saturated heterocycles. The molecule has 3 aromatic rings. The Balaban J connectivity index is 1.50. The van der Waals surface area contributed by atoms with Gasteiger partial charge in [0.05, 0.1) is 41.3 Å². The molecule has 4 heterocycles. The Morgan fingerprint density at radius 2 is 1.82 bits per heavy atom. The summed E-state index contributed by atoms with van der Waals surface area (Å²) in [6, 6.07) is 10.8. The molecule has 0 unspecified atom stereocenters. The second kappa shape index (κ2) is 11.1. The number of rotatable bonds is 7. The van der Waals surface area contributed by atoms with Gasteiger partial charge in [-0.3, -0.25) is 9.78 Å². The molecule has 11 heteroatoms. The summed E-state index contributed by atoms with van der Waals surface area (Å²) in [7, 11) is -3.66. The lowest BCUT2D eigenvalue weighted by Gasteiger charge is -2.28. The summed E-state index contributed by atoms with van der Waals surface area (Å²) in [6.45, 7) is 7.29. The van der Waals surface area contributed by atoms with Crippen molar-refractivity contribution in [1.82, 2.24) is 19.3 Å². The molecule has 2 fully saturated rings. The molecule has 0 radical (unpaired) electrons. The highest BCUT2D eigenvalue weighted by Crippen LogP contribution is 2.34. The third-order valence-corrected chi connectivity index (χ3v) is 8.90. The fourth-order valence-electron chi connectivity index (χ4n) is 5.02. The number of ether oxygens (including phenoxy) is 1. The maximum Gasteiger partial charge on any atom is 0.272 e. The third-order valence-electron chi connectivity index (χ3n) is 7.01. The van der Waals surface area contributed by atoms with Crippen LogP contribution in [0.2, 0.25) is 0 Å².